The number of anilines is 1. The number of aromatic nitrogens is 3. The number of aromatic amines is 1. The quantitative estimate of drug-likeness (QED) is 0.654. The Morgan fingerprint density at radius 1 is 1.56 bits per heavy atom. The number of H-pyrrole nitrogens is 1. The van der Waals surface area contributed by atoms with Crippen molar-refractivity contribution in [2.45, 2.75) is 13.5 Å². The molecule has 2 heterocycles. The smallest absolute Gasteiger partial charge is 0.312 e. The molecule has 94 valence electrons. The van der Waals surface area contributed by atoms with E-state index >= 15 is 0 Å². The third-order valence-electron chi connectivity index (χ3n) is 2.41. The zero-order chi connectivity index (χ0) is 13.1. The minimum absolute atomic E-state index is 0.149. The van der Waals surface area contributed by atoms with Gasteiger partial charge in [-0.2, -0.15) is 5.10 Å². The molecule has 0 aliphatic heterocycles. The number of nitrogens with one attached hydrogen (secondary N) is 2. The molecule has 2 N–H and O–H groups in total. The van der Waals surface area contributed by atoms with Gasteiger partial charge in [-0.05, 0) is 6.92 Å². The minimum Gasteiger partial charge on any atom is -0.360 e. The molecule has 0 bridgehead atoms. The van der Waals surface area contributed by atoms with Crippen LogP contribution in [-0.2, 0) is 6.54 Å². The Morgan fingerprint density at radius 2 is 2.33 bits per heavy atom. The van der Waals surface area contributed by atoms with Crippen molar-refractivity contribution in [3.05, 3.63) is 44.9 Å². The molecule has 0 atom stereocenters. The van der Waals surface area contributed by atoms with Gasteiger partial charge in [-0.1, -0.05) is 11.6 Å². The average molecular weight is 268 g/mol. The summed E-state index contributed by atoms with van der Waals surface area (Å²) in [6.07, 6.45) is 3.02. The lowest BCUT2D eigenvalue weighted by atomic mass is 10.2. The average Bonchev–Trinajstić information content (AvgIpc) is 2.73. The zero-order valence-corrected chi connectivity index (χ0v) is 10.2. The lowest BCUT2D eigenvalue weighted by Crippen LogP contribution is -2.05. The number of aryl methyl sites for hydroxylation is 1. The van der Waals surface area contributed by atoms with Crippen LogP contribution in [0.1, 0.15) is 11.3 Å². The number of hydrogen-bond acceptors (Lipinski definition) is 5. The van der Waals surface area contributed by atoms with E-state index in [1.165, 1.54) is 12.3 Å². The molecule has 0 aliphatic carbocycles. The predicted molar refractivity (Wildman–Crippen MR) is 66.6 cm³/mol. The van der Waals surface area contributed by atoms with E-state index in [-0.39, 0.29) is 16.5 Å². The highest BCUT2D eigenvalue weighted by molar-refractivity contribution is 6.30. The second-order valence-electron chi connectivity index (χ2n) is 3.65. The maximum Gasteiger partial charge on any atom is 0.312 e. The van der Waals surface area contributed by atoms with Gasteiger partial charge in [-0.25, -0.2) is 4.98 Å². The maximum absolute atomic E-state index is 10.9. The Labute approximate surface area is 107 Å². The van der Waals surface area contributed by atoms with Crippen LogP contribution in [0.3, 0.4) is 0 Å². The van der Waals surface area contributed by atoms with E-state index in [2.05, 4.69) is 20.5 Å². The van der Waals surface area contributed by atoms with Gasteiger partial charge >= 0.3 is 5.69 Å². The summed E-state index contributed by atoms with van der Waals surface area (Å²) >= 11 is 5.68. The van der Waals surface area contributed by atoms with Crippen LogP contribution in [0.5, 0.6) is 0 Å². The van der Waals surface area contributed by atoms with Crippen LogP contribution < -0.4 is 5.32 Å². The predicted octanol–water partition coefficient (Wildman–Crippen LogP) is 2.29. The minimum atomic E-state index is -0.524. The van der Waals surface area contributed by atoms with Crippen LogP contribution in [0.15, 0.2) is 18.5 Å². The second-order valence-corrected chi connectivity index (χ2v) is 4.09. The molecule has 2 aromatic rings. The number of nitrogens with zero attached hydrogens (tertiary/aromatic N) is 3. The van der Waals surface area contributed by atoms with Crippen molar-refractivity contribution < 1.29 is 4.92 Å². The summed E-state index contributed by atoms with van der Waals surface area (Å²) in [5, 5.41) is 20.6. The first-order chi connectivity index (χ1) is 8.58. The van der Waals surface area contributed by atoms with Crippen molar-refractivity contribution in [1.29, 1.82) is 0 Å². The van der Waals surface area contributed by atoms with Crippen molar-refractivity contribution in [2.75, 3.05) is 5.32 Å². The Balaban J connectivity index is 2.19. The fraction of sp³-hybridized carbons (Fsp3) is 0.200. The van der Waals surface area contributed by atoms with Crippen molar-refractivity contribution in [3.8, 4) is 0 Å². The van der Waals surface area contributed by atoms with Crippen LogP contribution in [0.2, 0.25) is 5.02 Å². The molecule has 2 aromatic heterocycles. The van der Waals surface area contributed by atoms with Crippen molar-refractivity contribution in [3.63, 3.8) is 0 Å². The SMILES string of the molecule is Cc1[nH]ncc1CNc1ncc(Cl)cc1[N+](=O)[O-]. The number of halogens is 1. The van der Waals surface area contributed by atoms with Crippen molar-refractivity contribution in [2.24, 2.45) is 0 Å². The topological polar surface area (TPSA) is 96.7 Å². The summed E-state index contributed by atoms with van der Waals surface area (Å²) < 4.78 is 0. The summed E-state index contributed by atoms with van der Waals surface area (Å²) in [7, 11) is 0. The van der Waals surface area contributed by atoms with Crippen LogP contribution in [0.4, 0.5) is 11.5 Å². The van der Waals surface area contributed by atoms with Gasteiger partial charge in [0.25, 0.3) is 0 Å². The lowest BCUT2D eigenvalue weighted by molar-refractivity contribution is -0.384. The molecule has 0 fully saturated rings. The first kappa shape index (κ1) is 12.3. The van der Waals surface area contributed by atoms with Crippen LogP contribution in [0.25, 0.3) is 0 Å². The fourth-order valence-electron chi connectivity index (χ4n) is 1.44. The molecule has 8 heteroatoms. The second kappa shape index (κ2) is 5.01. The summed E-state index contributed by atoms with van der Waals surface area (Å²) in [5.41, 5.74) is 1.67. The highest BCUT2D eigenvalue weighted by Gasteiger charge is 2.16. The molecule has 0 aliphatic rings. The highest BCUT2D eigenvalue weighted by atomic mass is 35.5. The van der Waals surface area contributed by atoms with Crippen molar-refractivity contribution in [1.82, 2.24) is 15.2 Å². The number of pyridine rings is 1. The standard InChI is InChI=1S/C10H10ClN5O2/c1-6-7(4-14-15-6)3-12-10-9(16(17)18)2-8(11)5-13-10/h2,4-5H,3H2,1H3,(H,12,13)(H,14,15). The van der Waals surface area contributed by atoms with E-state index in [1.807, 2.05) is 6.92 Å². The van der Waals surface area contributed by atoms with E-state index in [0.29, 0.717) is 6.54 Å². The molecule has 0 saturated heterocycles. The number of hydrogen-bond donors (Lipinski definition) is 2. The van der Waals surface area contributed by atoms with Crippen LogP contribution >= 0.6 is 11.6 Å². The summed E-state index contributed by atoms with van der Waals surface area (Å²) in [5.74, 6) is 0.185. The third-order valence-corrected chi connectivity index (χ3v) is 2.62. The van der Waals surface area contributed by atoms with Gasteiger partial charge in [0.15, 0.2) is 0 Å². The fourth-order valence-corrected chi connectivity index (χ4v) is 1.59. The lowest BCUT2D eigenvalue weighted by Gasteiger charge is -2.05. The Kier molecular flexibility index (Phi) is 3.42. The first-order valence-corrected chi connectivity index (χ1v) is 5.48. The summed E-state index contributed by atoms with van der Waals surface area (Å²) in [6, 6.07) is 1.26. The summed E-state index contributed by atoms with van der Waals surface area (Å²) in [4.78, 5) is 14.2. The van der Waals surface area contributed by atoms with Gasteiger partial charge in [0.1, 0.15) is 0 Å². The number of rotatable bonds is 4. The first-order valence-electron chi connectivity index (χ1n) is 5.10. The molecular formula is C10H10ClN5O2. The van der Waals surface area contributed by atoms with Crippen molar-refractivity contribution >= 4 is 23.1 Å². The monoisotopic (exact) mass is 267 g/mol. The zero-order valence-electron chi connectivity index (χ0n) is 9.48. The number of nitro groups is 1. The van der Waals surface area contributed by atoms with Crippen LogP contribution in [0, 0.1) is 17.0 Å². The molecule has 0 spiro atoms. The molecule has 18 heavy (non-hydrogen) atoms. The largest absolute Gasteiger partial charge is 0.360 e. The van der Waals surface area contributed by atoms with E-state index in [9.17, 15) is 10.1 Å². The molecule has 0 unspecified atom stereocenters. The Bertz CT molecular complexity index is 583. The molecule has 2 rings (SSSR count). The Morgan fingerprint density at radius 3 is 2.94 bits per heavy atom. The molecule has 0 amide bonds. The Hall–Kier alpha value is -2.15. The summed E-state index contributed by atoms with van der Waals surface area (Å²) in [6.45, 7) is 2.27. The molecular weight excluding hydrogens is 258 g/mol. The third kappa shape index (κ3) is 2.57. The van der Waals surface area contributed by atoms with Gasteiger partial charge in [-0.3, -0.25) is 15.2 Å². The molecule has 0 saturated carbocycles. The molecule has 0 radical (unpaired) electrons. The normalized spacial score (nSPS) is 10.3. The van der Waals surface area contributed by atoms with E-state index < -0.39 is 4.92 Å². The van der Waals surface area contributed by atoms with E-state index in [1.54, 1.807) is 6.20 Å². The van der Waals surface area contributed by atoms with Gasteiger partial charge in [-0.15, -0.1) is 0 Å². The molecule has 0 aromatic carbocycles. The maximum atomic E-state index is 10.9. The van der Waals surface area contributed by atoms with Crippen LogP contribution in [-0.4, -0.2) is 20.1 Å². The van der Waals surface area contributed by atoms with E-state index in [4.69, 9.17) is 11.6 Å². The molecule has 7 nitrogen and oxygen atoms in total. The van der Waals surface area contributed by atoms with Gasteiger partial charge in [0.2, 0.25) is 5.82 Å². The van der Waals surface area contributed by atoms with Gasteiger partial charge in [0, 0.05) is 30.1 Å². The van der Waals surface area contributed by atoms with E-state index in [0.717, 1.165) is 11.3 Å². The van der Waals surface area contributed by atoms with Gasteiger partial charge in [0.05, 0.1) is 16.1 Å². The van der Waals surface area contributed by atoms with Gasteiger partial charge < -0.3 is 5.32 Å². The highest BCUT2D eigenvalue weighted by Crippen LogP contribution is 2.25.